The summed E-state index contributed by atoms with van der Waals surface area (Å²) < 4.78 is 18.9. The molecule has 3 aromatic carbocycles. The molecule has 7 unspecified atom stereocenters. The van der Waals surface area contributed by atoms with Gasteiger partial charge in [0.1, 0.15) is 35.0 Å². The highest BCUT2D eigenvalue weighted by Gasteiger charge is 2.72. The van der Waals surface area contributed by atoms with E-state index in [4.69, 9.17) is 29.9 Å². The van der Waals surface area contributed by atoms with Crippen LogP contribution in [-0.2, 0) is 26.5 Å². The molecule has 4 aromatic heterocycles. The number of anilines is 1. The van der Waals surface area contributed by atoms with Crippen LogP contribution in [0.3, 0.4) is 0 Å². The first kappa shape index (κ1) is 48.6. The minimum Gasteiger partial charge on any atom is -0.472 e. The number of aromatic nitrogens is 7. The number of ether oxygens (including phenoxy) is 3. The number of rotatable bonds is 15. The third kappa shape index (κ3) is 7.36. The monoisotopic (exact) mass is 1030 g/mol. The smallest absolute Gasteiger partial charge is 0.407 e. The molecule has 0 bridgehead atoms. The molecule has 19 heteroatoms. The Morgan fingerprint density at radius 1 is 0.855 bits per heavy atom. The molecule has 7 aromatic rings. The first-order valence-corrected chi connectivity index (χ1v) is 26.7. The van der Waals surface area contributed by atoms with Crippen LogP contribution in [0, 0.1) is 28.6 Å². The molecule has 5 fully saturated rings. The van der Waals surface area contributed by atoms with Crippen LogP contribution in [0.15, 0.2) is 79.1 Å². The number of nitrogens with zero attached hydrogens (tertiary/aromatic N) is 6. The summed E-state index contributed by atoms with van der Waals surface area (Å²) in [6.45, 7) is 10.1. The summed E-state index contributed by atoms with van der Waals surface area (Å²) in [5, 5.41) is 36.7. The van der Waals surface area contributed by atoms with Gasteiger partial charge < -0.3 is 54.9 Å². The van der Waals surface area contributed by atoms with Gasteiger partial charge in [-0.2, -0.15) is 5.10 Å². The van der Waals surface area contributed by atoms with Gasteiger partial charge in [-0.1, -0.05) is 64.1 Å². The molecular formula is C57H66N12O7. The number of carbonyl (C=O) groups is 2. The second-order valence-electron chi connectivity index (χ2n) is 22.7. The molecule has 3 saturated carbocycles. The molecule has 0 radical (unpaired) electrons. The average molecular weight is 1030 g/mol. The quantitative estimate of drug-likeness (QED) is 0.0460. The van der Waals surface area contributed by atoms with Crippen molar-refractivity contribution in [2.45, 2.75) is 109 Å². The summed E-state index contributed by atoms with van der Waals surface area (Å²) >= 11 is 0. The summed E-state index contributed by atoms with van der Waals surface area (Å²) in [5.74, 6) is 3.43. The number of hydrogen-bond donors (Lipinski definition) is 8. The Labute approximate surface area is 439 Å². The summed E-state index contributed by atoms with van der Waals surface area (Å²) in [4.78, 5) is 48.3. The molecule has 3 aliphatic heterocycles. The Bertz CT molecular complexity index is 3420. The van der Waals surface area contributed by atoms with E-state index in [9.17, 15) is 19.8 Å². The van der Waals surface area contributed by atoms with Crippen molar-refractivity contribution in [2.75, 3.05) is 33.0 Å². The molecular weight excluding hydrogens is 965 g/mol. The number of nitrogens with one attached hydrogen (secondary N) is 5. The number of likely N-dealkylation sites (tertiary alicyclic amines) is 2. The highest BCUT2D eigenvalue weighted by molar-refractivity contribution is 6.07. The maximum absolute atomic E-state index is 14.6. The first-order chi connectivity index (χ1) is 36.7. The maximum Gasteiger partial charge on any atom is 0.407 e. The average Bonchev–Trinajstić information content (AvgIpc) is 4.15. The van der Waals surface area contributed by atoms with Crippen LogP contribution in [0.5, 0.6) is 5.75 Å². The van der Waals surface area contributed by atoms with Gasteiger partial charge in [0.05, 0.1) is 59.3 Å². The molecule has 7 heterocycles. The van der Waals surface area contributed by atoms with Crippen molar-refractivity contribution in [3.63, 3.8) is 0 Å². The second kappa shape index (κ2) is 17.8. The van der Waals surface area contributed by atoms with Crippen LogP contribution in [0.1, 0.15) is 83.9 Å². The Kier molecular flexibility index (Phi) is 11.4. The number of fused-ring (bicyclic) bond motifs is 6. The predicted octanol–water partition coefficient (Wildman–Crippen LogP) is 7.68. The van der Waals surface area contributed by atoms with Crippen LogP contribution in [0.25, 0.3) is 67.1 Å². The second-order valence-corrected chi connectivity index (χ2v) is 22.7. The van der Waals surface area contributed by atoms with Crippen molar-refractivity contribution < 1.29 is 34.0 Å². The largest absolute Gasteiger partial charge is 0.472 e. The summed E-state index contributed by atoms with van der Waals surface area (Å²) in [6.07, 6.45) is 6.27. The van der Waals surface area contributed by atoms with Crippen molar-refractivity contribution >= 4 is 28.7 Å². The summed E-state index contributed by atoms with van der Waals surface area (Å²) in [7, 11) is 2.80. The number of aliphatic hydroxyl groups is 2. The van der Waals surface area contributed by atoms with Crippen LogP contribution in [0.2, 0.25) is 0 Å². The molecule has 3 aliphatic carbocycles. The van der Waals surface area contributed by atoms with E-state index in [1.54, 1.807) is 0 Å². The molecule has 6 aliphatic rings. The van der Waals surface area contributed by atoms with Crippen molar-refractivity contribution in [3.8, 4) is 61.9 Å². The van der Waals surface area contributed by atoms with Gasteiger partial charge in [0.2, 0.25) is 12.3 Å². The fraction of sp³-hybridized carbons (Fsp3) is 0.456. The number of nitrogen functional groups attached to an aromatic ring is 1. The normalized spacial score (nSPS) is 27.1. The third-order valence-corrected chi connectivity index (χ3v) is 18.4. The highest BCUT2D eigenvalue weighted by atomic mass is 16.6. The molecule has 19 nitrogen and oxygen atoms in total. The number of imidazole rings is 2. The number of aliphatic hydroxyl groups excluding tert-OH is 2. The molecule has 9 atom stereocenters. The molecule has 2 saturated heterocycles. The fourth-order valence-corrected chi connectivity index (χ4v) is 13.9. The number of aromatic amines is 3. The molecule has 13 rings (SSSR count). The minimum atomic E-state index is -1.09. The van der Waals surface area contributed by atoms with Crippen molar-refractivity contribution in [3.05, 3.63) is 90.8 Å². The number of nitrogens with two attached hydrogens (primary N) is 1. The van der Waals surface area contributed by atoms with E-state index in [1.165, 1.54) is 14.2 Å². The van der Waals surface area contributed by atoms with Crippen molar-refractivity contribution in [2.24, 2.45) is 28.6 Å². The predicted molar refractivity (Wildman–Crippen MR) is 284 cm³/mol. The number of alkyl carbamates (subject to hydrolysis) is 1. The minimum absolute atomic E-state index is 0.0310. The van der Waals surface area contributed by atoms with Gasteiger partial charge in [-0.15, -0.1) is 0 Å². The number of amides is 2. The Morgan fingerprint density at radius 3 is 2.34 bits per heavy atom. The van der Waals surface area contributed by atoms with E-state index < -0.39 is 35.1 Å². The lowest BCUT2D eigenvalue weighted by Crippen LogP contribution is -2.48. The summed E-state index contributed by atoms with van der Waals surface area (Å²) in [5.41, 5.74) is 14.8. The number of benzene rings is 3. The Balaban J connectivity index is 0.825. The van der Waals surface area contributed by atoms with Gasteiger partial charge in [0, 0.05) is 77.0 Å². The van der Waals surface area contributed by atoms with Gasteiger partial charge in [-0.05, 0) is 86.1 Å². The molecule has 0 spiro atoms. The lowest BCUT2D eigenvalue weighted by atomic mass is 9.88. The first-order valence-electron chi connectivity index (χ1n) is 26.7. The van der Waals surface area contributed by atoms with Gasteiger partial charge in [-0.25, -0.2) is 14.8 Å². The highest BCUT2D eigenvalue weighted by Crippen LogP contribution is 2.65. The lowest BCUT2D eigenvalue weighted by molar-refractivity contribution is -0.141. The zero-order valence-electron chi connectivity index (χ0n) is 43.7. The Hall–Kier alpha value is -7.03. The van der Waals surface area contributed by atoms with E-state index in [2.05, 4.69) is 129 Å². The number of H-pyrrole nitrogens is 3. The molecule has 396 valence electrons. The van der Waals surface area contributed by atoms with Crippen LogP contribution < -0.4 is 21.1 Å². The van der Waals surface area contributed by atoms with E-state index in [1.807, 2.05) is 23.4 Å². The van der Waals surface area contributed by atoms with Crippen LogP contribution in [-0.4, -0.2) is 119 Å². The van der Waals surface area contributed by atoms with Crippen molar-refractivity contribution in [1.82, 2.24) is 55.1 Å². The van der Waals surface area contributed by atoms with Crippen LogP contribution >= 0.6 is 0 Å². The van der Waals surface area contributed by atoms with Gasteiger partial charge in [0.15, 0.2) is 6.73 Å². The third-order valence-electron chi connectivity index (χ3n) is 18.4. The number of methoxy groups -OCH3 is 2. The fourth-order valence-electron chi connectivity index (χ4n) is 13.9. The van der Waals surface area contributed by atoms with E-state index in [-0.39, 0.29) is 35.9 Å². The molecule has 2 amide bonds. The number of hydrogen-bond acceptors (Lipinski definition) is 13. The Morgan fingerprint density at radius 2 is 1.61 bits per heavy atom. The van der Waals surface area contributed by atoms with Gasteiger partial charge in [-0.3, -0.25) is 20.1 Å². The van der Waals surface area contributed by atoms with E-state index in [0.717, 1.165) is 123 Å². The zero-order valence-corrected chi connectivity index (χ0v) is 43.7. The van der Waals surface area contributed by atoms with Gasteiger partial charge >= 0.3 is 6.09 Å². The van der Waals surface area contributed by atoms with Crippen LogP contribution in [0.4, 0.5) is 10.6 Å². The lowest BCUT2D eigenvalue weighted by Gasteiger charge is -2.37. The van der Waals surface area contributed by atoms with Gasteiger partial charge in [0.25, 0.3) is 0 Å². The topological polar surface area (TPSA) is 250 Å². The van der Waals surface area contributed by atoms with Crippen molar-refractivity contribution in [1.29, 1.82) is 0 Å². The van der Waals surface area contributed by atoms with E-state index >= 15 is 0 Å². The maximum atomic E-state index is 14.6. The zero-order chi connectivity index (χ0) is 52.6. The molecule has 76 heavy (non-hydrogen) atoms. The summed E-state index contributed by atoms with van der Waals surface area (Å²) in [6, 6.07) is 22.6. The molecule has 9 N–H and O–H groups in total. The standard InChI is InChI=1S/C57H66N12O7/c1-29(2)55(24-44(55)63-53(72)74-5)51(70)67-18-7-8-42(67)49-59-26-39(61-49)33-14-16-41-37(20-33)47(32-11-9-31(10-12-32)38-22-46(58)66-65-38)48-36-15-13-34(21-43(36)76-28-68(41)48)40-27-60-50(62-40)57-23-35(57)17-19-69(57)52(71)56(30(3)4)25-45(56)64-54(73)75-6/h9-16,20-22,26-27,29-30,35,42,44-45,51,53,63,70,72H,7-8,17-19,23-25,28H2,1-6H3,(H,59,61)(H,60,62)(H,64,73)(H3,58,65,66)/t35?,42-,44?,45?,51?,53?,55+,56?,57?/m0/s1. The number of piperidine rings is 1. The van der Waals surface area contributed by atoms with E-state index in [0.29, 0.717) is 31.4 Å². The number of carbonyl (C=O) groups excluding carboxylic acids is 2. The SMILES string of the molecule is COC(=O)NC1CC1(C(=O)N1CCC2CC21c1ncc(-c2ccc3c(c2)OCn2c-3c(-c3ccc(-c4cc(N)[nH]n4)cc3)c3cc(-c4cnc([C@@H]5CCCN5C(O)[C@@]5(C(C)C)CC5NC(O)OC)[nH]4)ccc32)[nH]1)C(C)C.